The van der Waals surface area contributed by atoms with E-state index in [-0.39, 0.29) is 12.4 Å². The van der Waals surface area contributed by atoms with Gasteiger partial charge in [-0.3, -0.25) is 4.21 Å². The normalized spacial score (nSPS) is 12.8. The fourth-order valence-corrected chi connectivity index (χ4v) is 1.70. The van der Waals surface area contributed by atoms with Crippen LogP contribution in [0.25, 0.3) is 0 Å². The van der Waals surface area contributed by atoms with Crippen LogP contribution in [0.1, 0.15) is 5.56 Å². The summed E-state index contributed by atoms with van der Waals surface area (Å²) in [6, 6.07) is 0. The van der Waals surface area contributed by atoms with Crippen LogP contribution in [-0.2, 0) is 11.1 Å². The molecule has 0 radical (unpaired) electrons. The molecule has 1 rings (SSSR count). The maximum Gasteiger partial charge on any atom is 0.132 e. The van der Waals surface area contributed by atoms with E-state index in [1.807, 2.05) is 17.7 Å². The third-order valence-corrected chi connectivity index (χ3v) is 2.66. The summed E-state index contributed by atoms with van der Waals surface area (Å²) in [4.78, 5) is 0. The van der Waals surface area contributed by atoms with Gasteiger partial charge in [0, 0.05) is 16.7 Å². The van der Waals surface area contributed by atoms with Crippen molar-refractivity contribution in [3.8, 4) is 5.75 Å². The molecule has 0 saturated carbocycles. The summed E-state index contributed by atoms with van der Waals surface area (Å²) >= 11 is -0.459. The lowest BCUT2D eigenvalue weighted by atomic mass is 10.4. The molecule has 0 aromatic carbocycles. The molecule has 68 valence electrons. The highest BCUT2D eigenvalue weighted by molar-refractivity contribution is 7.79. The van der Waals surface area contributed by atoms with Crippen molar-refractivity contribution < 1.29 is 13.5 Å². The van der Waals surface area contributed by atoms with Gasteiger partial charge in [-0.05, 0) is 12.3 Å². The molecule has 0 spiro atoms. The first-order chi connectivity index (χ1) is 5.70. The number of ether oxygens (including phenoxy) is 1. The van der Waals surface area contributed by atoms with Crippen LogP contribution in [-0.4, -0.2) is 21.1 Å². The molecule has 1 unspecified atom stereocenters. The lowest BCUT2D eigenvalue weighted by molar-refractivity contribution is 0.338. The van der Waals surface area contributed by atoms with E-state index in [0.29, 0.717) is 0 Å². The summed E-state index contributed by atoms with van der Waals surface area (Å²) in [7, 11) is 0. The van der Waals surface area contributed by atoms with Gasteiger partial charge in [0.25, 0.3) is 0 Å². The Kier molecular flexibility index (Phi) is 3.71. The van der Waals surface area contributed by atoms with Gasteiger partial charge < -0.3 is 9.29 Å². The number of hydrogen-bond donors (Lipinski definition) is 0. The smallest absolute Gasteiger partial charge is 0.132 e. The Morgan fingerprint density at radius 3 is 2.92 bits per heavy atom. The van der Waals surface area contributed by atoms with Gasteiger partial charge in [-0.25, -0.2) is 0 Å². The van der Waals surface area contributed by atoms with E-state index >= 15 is 0 Å². The fraction of sp³-hybridized carbons (Fsp3) is 0.429. The van der Waals surface area contributed by atoms with Crippen LogP contribution in [0.4, 0.5) is 0 Å². The maximum atomic E-state index is 10.1. The lowest BCUT2D eigenvalue weighted by Crippen LogP contribution is -2.07. The molecule has 1 heterocycles. The SMILES string of the molecule is Cc1cscc1OCCS(=O)[O-]. The van der Waals surface area contributed by atoms with Gasteiger partial charge in [-0.1, -0.05) is 11.1 Å². The summed E-state index contributed by atoms with van der Waals surface area (Å²) in [5.41, 5.74) is 1.05. The Balaban J connectivity index is 2.33. The van der Waals surface area contributed by atoms with Crippen LogP contribution < -0.4 is 4.74 Å². The number of hydrogen-bond acceptors (Lipinski definition) is 4. The Bertz CT molecular complexity index is 269. The maximum absolute atomic E-state index is 10.1. The first-order valence-corrected chi connectivity index (χ1v) is 5.60. The minimum absolute atomic E-state index is 0.0509. The van der Waals surface area contributed by atoms with Gasteiger partial charge in [0.15, 0.2) is 0 Å². The number of thiophene rings is 1. The van der Waals surface area contributed by atoms with Crippen LogP contribution in [0, 0.1) is 6.92 Å². The van der Waals surface area contributed by atoms with E-state index in [2.05, 4.69) is 0 Å². The van der Waals surface area contributed by atoms with Crippen molar-refractivity contribution in [1.29, 1.82) is 0 Å². The summed E-state index contributed by atoms with van der Waals surface area (Å²) in [5, 5.41) is 3.83. The predicted octanol–water partition coefficient (Wildman–Crippen LogP) is 1.31. The third-order valence-electron chi connectivity index (χ3n) is 1.32. The molecule has 0 bridgehead atoms. The minimum Gasteiger partial charge on any atom is -0.772 e. The lowest BCUT2D eigenvalue weighted by Gasteiger charge is -2.06. The highest BCUT2D eigenvalue weighted by Gasteiger charge is 1.98. The molecule has 1 aromatic rings. The van der Waals surface area contributed by atoms with Crippen molar-refractivity contribution in [2.24, 2.45) is 0 Å². The zero-order valence-electron chi connectivity index (χ0n) is 6.61. The summed E-state index contributed by atoms with van der Waals surface area (Å²) in [6.45, 7) is 2.16. The van der Waals surface area contributed by atoms with E-state index in [4.69, 9.17) is 4.74 Å². The summed E-state index contributed by atoms with van der Waals surface area (Å²) in [5.74, 6) is 0.834. The van der Waals surface area contributed by atoms with Crippen molar-refractivity contribution >= 4 is 22.4 Å². The Labute approximate surface area is 77.7 Å². The average Bonchev–Trinajstić information content (AvgIpc) is 2.36. The van der Waals surface area contributed by atoms with Gasteiger partial charge in [0.2, 0.25) is 0 Å². The second-order valence-electron chi connectivity index (χ2n) is 2.28. The Hall–Kier alpha value is -0.390. The molecule has 0 aliphatic heterocycles. The van der Waals surface area contributed by atoms with Gasteiger partial charge >= 0.3 is 0 Å². The molecule has 0 aliphatic rings. The molecule has 0 fully saturated rings. The Morgan fingerprint density at radius 1 is 1.67 bits per heavy atom. The predicted molar refractivity (Wildman–Crippen MR) is 48.3 cm³/mol. The number of rotatable bonds is 4. The monoisotopic (exact) mass is 205 g/mol. The molecule has 1 atom stereocenters. The van der Waals surface area contributed by atoms with E-state index in [1.54, 1.807) is 11.3 Å². The molecule has 3 nitrogen and oxygen atoms in total. The zero-order chi connectivity index (χ0) is 8.97. The molecule has 0 amide bonds. The second kappa shape index (κ2) is 4.59. The number of aryl methyl sites for hydroxylation is 1. The molecule has 0 aliphatic carbocycles. The van der Waals surface area contributed by atoms with E-state index in [0.717, 1.165) is 11.3 Å². The molecule has 0 N–H and O–H groups in total. The second-order valence-corrected chi connectivity index (χ2v) is 4.03. The quantitative estimate of drug-likeness (QED) is 0.696. The van der Waals surface area contributed by atoms with Crippen molar-refractivity contribution in [2.75, 3.05) is 12.4 Å². The van der Waals surface area contributed by atoms with Crippen LogP contribution in [0.2, 0.25) is 0 Å². The summed E-state index contributed by atoms with van der Waals surface area (Å²) in [6.07, 6.45) is 0. The van der Waals surface area contributed by atoms with Crippen LogP contribution in [0.3, 0.4) is 0 Å². The molecular weight excluding hydrogens is 196 g/mol. The highest BCUT2D eigenvalue weighted by atomic mass is 32.2. The van der Waals surface area contributed by atoms with Crippen LogP contribution in [0.5, 0.6) is 5.75 Å². The van der Waals surface area contributed by atoms with Gasteiger partial charge in [0.1, 0.15) is 5.75 Å². The van der Waals surface area contributed by atoms with Crippen molar-refractivity contribution in [3.05, 3.63) is 16.3 Å². The van der Waals surface area contributed by atoms with Gasteiger partial charge in [0.05, 0.1) is 6.61 Å². The topological polar surface area (TPSA) is 49.4 Å². The van der Waals surface area contributed by atoms with Crippen LogP contribution >= 0.6 is 11.3 Å². The van der Waals surface area contributed by atoms with E-state index in [9.17, 15) is 8.76 Å². The van der Waals surface area contributed by atoms with E-state index in [1.165, 1.54) is 0 Å². The standard InChI is InChI=1S/C7H10O3S2/c1-6-4-11-5-7(6)10-2-3-12(8)9/h4-5H,2-3H2,1H3,(H,8,9)/p-1. The first-order valence-electron chi connectivity index (χ1n) is 3.41. The largest absolute Gasteiger partial charge is 0.772 e. The summed E-state index contributed by atoms with van der Waals surface area (Å²) < 4.78 is 25.5. The molecule has 5 heteroatoms. The fourth-order valence-electron chi connectivity index (χ4n) is 0.716. The molecule has 0 saturated heterocycles. The van der Waals surface area contributed by atoms with Gasteiger partial charge in [-0.2, -0.15) is 0 Å². The minimum atomic E-state index is -2.01. The van der Waals surface area contributed by atoms with Crippen LogP contribution in [0.15, 0.2) is 10.8 Å². The van der Waals surface area contributed by atoms with E-state index < -0.39 is 11.1 Å². The zero-order valence-corrected chi connectivity index (χ0v) is 8.24. The highest BCUT2D eigenvalue weighted by Crippen LogP contribution is 2.21. The van der Waals surface area contributed by atoms with Crippen molar-refractivity contribution in [3.63, 3.8) is 0 Å². The molecule has 1 aromatic heterocycles. The first kappa shape index (κ1) is 9.70. The Morgan fingerprint density at radius 2 is 2.42 bits per heavy atom. The third kappa shape index (κ3) is 2.92. The molecular formula is C7H9O3S2-. The van der Waals surface area contributed by atoms with Gasteiger partial charge in [-0.15, -0.1) is 11.3 Å². The average molecular weight is 205 g/mol. The van der Waals surface area contributed by atoms with Crippen molar-refractivity contribution in [2.45, 2.75) is 6.92 Å². The van der Waals surface area contributed by atoms with Crippen molar-refractivity contribution in [1.82, 2.24) is 0 Å². The molecule has 12 heavy (non-hydrogen) atoms.